The maximum atomic E-state index is 13.2. The van der Waals surface area contributed by atoms with Crippen molar-refractivity contribution in [3.63, 3.8) is 0 Å². The second kappa shape index (κ2) is 9.21. The first-order valence-corrected chi connectivity index (χ1v) is 13.7. The van der Waals surface area contributed by atoms with Crippen LogP contribution in [0.4, 0.5) is 5.69 Å². The van der Waals surface area contributed by atoms with Crippen molar-refractivity contribution in [2.75, 3.05) is 37.6 Å². The SMILES string of the molecule is Cc1ccc(N2CCN(C(=O)C3CCN(S(=O)(=O)c4ccc(Br)s4)CC3)CC2C)cc1. The minimum absolute atomic E-state index is 0.0975. The number of carbonyl (C=O) groups excluding carboxylic acids is 1. The average molecular weight is 527 g/mol. The van der Waals surface area contributed by atoms with E-state index in [-0.39, 0.29) is 17.9 Å². The summed E-state index contributed by atoms with van der Waals surface area (Å²) >= 11 is 4.55. The van der Waals surface area contributed by atoms with Crippen LogP contribution < -0.4 is 4.90 Å². The van der Waals surface area contributed by atoms with E-state index in [2.05, 4.69) is 58.9 Å². The Kier molecular flexibility index (Phi) is 6.76. The molecule has 1 amide bonds. The van der Waals surface area contributed by atoms with Crippen LogP contribution in [-0.4, -0.2) is 62.3 Å². The standard InChI is InChI=1S/C22H28BrN3O3S2/c1-16-3-5-19(6-4-16)26-14-13-24(15-17(26)2)22(27)18-9-11-25(12-10-18)31(28,29)21-8-7-20(23)30-21/h3-8,17-18H,9-15H2,1-2H3. The number of piperidine rings is 1. The van der Waals surface area contributed by atoms with Gasteiger partial charge in [-0.1, -0.05) is 17.7 Å². The summed E-state index contributed by atoms with van der Waals surface area (Å²) in [4.78, 5) is 17.5. The molecule has 6 nitrogen and oxygen atoms in total. The van der Waals surface area contributed by atoms with Crippen molar-refractivity contribution in [3.8, 4) is 0 Å². The molecule has 0 saturated carbocycles. The lowest BCUT2D eigenvalue weighted by Gasteiger charge is -2.43. The number of halogens is 1. The van der Waals surface area contributed by atoms with E-state index in [4.69, 9.17) is 0 Å². The molecule has 9 heteroatoms. The Morgan fingerprint density at radius 1 is 1.03 bits per heavy atom. The van der Waals surface area contributed by atoms with Crippen LogP contribution in [0.25, 0.3) is 0 Å². The Labute approximate surface area is 197 Å². The van der Waals surface area contributed by atoms with E-state index in [1.54, 1.807) is 12.1 Å². The summed E-state index contributed by atoms with van der Waals surface area (Å²) in [6.07, 6.45) is 1.16. The highest BCUT2D eigenvalue weighted by Crippen LogP contribution is 2.31. The molecule has 1 atom stereocenters. The zero-order chi connectivity index (χ0) is 22.2. The summed E-state index contributed by atoms with van der Waals surface area (Å²) in [6.45, 7) is 7.26. The predicted octanol–water partition coefficient (Wildman–Crippen LogP) is 3.96. The van der Waals surface area contributed by atoms with Crippen LogP contribution in [0.3, 0.4) is 0 Å². The highest BCUT2D eigenvalue weighted by atomic mass is 79.9. The molecule has 0 aliphatic carbocycles. The minimum Gasteiger partial charge on any atom is -0.365 e. The van der Waals surface area contributed by atoms with Gasteiger partial charge >= 0.3 is 0 Å². The van der Waals surface area contributed by atoms with E-state index < -0.39 is 10.0 Å². The molecule has 168 valence electrons. The lowest BCUT2D eigenvalue weighted by atomic mass is 9.95. The Bertz CT molecular complexity index is 1030. The zero-order valence-corrected chi connectivity index (χ0v) is 21.0. The van der Waals surface area contributed by atoms with Crippen molar-refractivity contribution in [2.24, 2.45) is 5.92 Å². The van der Waals surface area contributed by atoms with E-state index in [0.717, 1.165) is 10.3 Å². The first kappa shape index (κ1) is 22.8. The van der Waals surface area contributed by atoms with E-state index in [9.17, 15) is 13.2 Å². The van der Waals surface area contributed by atoms with Gasteiger partial charge in [0.05, 0.1) is 3.79 Å². The van der Waals surface area contributed by atoms with Gasteiger partial charge in [-0.15, -0.1) is 11.3 Å². The topological polar surface area (TPSA) is 60.9 Å². The van der Waals surface area contributed by atoms with Gasteiger partial charge in [-0.2, -0.15) is 4.31 Å². The molecule has 31 heavy (non-hydrogen) atoms. The second-order valence-corrected chi connectivity index (χ2v) is 13.0. The molecular formula is C22H28BrN3O3S2. The van der Waals surface area contributed by atoms with Gasteiger partial charge in [-0.25, -0.2) is 8.42 Å². The lowest BCUT2D eigenvalue weighted by Crippen LogP contribution is -2.55. The predicted molar refractivity (Wildman–Crippen MR) is 128 cm³/mol. The summed E-state index contributed by atoms with van der Waals surface area (Å²) < 4.78 is 28.3. The van der Waals surface area contributed by atoms with Gasteiger partial charge in [0, 0.05) is 50.4 Å². The number of nitrogens with zero attached hydrogens (tertiary/aromatic N) is 3. The molecule has 3 heterocycles. The fourth-order valence-corrected chi connectivity index (χ4v) is 8.08. The summed E-state index contributed by atoms with van der Waals surface area (Å²) in [7, 11) is -3.47. The molecule has 2 saturated heterocycles. The molecule has 0 N–H and O–H groups in total. The molecule has 4 rings (SSSR count). The number of sulfonamides is 1. The van der Waals surface area contributed by atoms with Gasteiger partial charge in [0.15, 0.2) is 0 Å². The number of benzene rings is 1. The lowest BCUT2D eigenvalue weighted by molar-refractivity contribution is -0.137. The van der Waals surface area contributed by atoms with Crippen LogP contribution in [0.5, 0.6) is 0 Å². The summed E-state index contributed by atoms with van der Waals surface area (Å²) in [5.41, 5.74) is 2.44. The fraction of sp³-hybridized carbons (Fsp3) is 0.500. The summed E-state index contributed by atoms with van der Waals surface area (Å²) in [6, 6.07) is 12.2. The van der Waals surface area contributed by atoms with Gasteiger partial charge in [0.25, 0.3) is 10.0 Å². The molecule has 1 aromatic heterocycles. The van der Waals surface area contributed by atoms with Crippen LogP contribution >= 0.6 is 27.3 Å². The smallest absolute Gasteiger partial charge is 0.252 e. The largest absolute Gasteiger partial charge is 0.365 e. The second-order valence-electron chi connectivity index (χ2n) is 8.40. The number of amides is 1. The third-order valence-corrected chi connectivity index (χ3v) is 10.2. The molecule has 0 spiro atoms. The highest BCUT2D eigenvalue weighted by Gasteiger charge is 2.36. The molecule has 2 aromatic rings. The zero-order valence-electron chi connectivity index (χ0n) is 17.8. The molecule has 2 aliphatic rings. The van der Waals surface area contributed by atoms with Crippen molar-refractivity contribution in [1.82, 2.24) is 9.21 Å². The van der Waals surface area contributed by atoms with Crippen molar-refractivity contribution < 1.29 is 13.2 Å². The van der Waals surface area contributed by atoms with Crippen LogP contribution in [-0.2, 0) is 14.8 Å². The Morgan fingerprint density at radius 2 is 1.71 bits per heavy atom. The average Bonchev–Trinajstić information content (AvgIpc) is 3.21. The number of hydrogen-bond donors (Lipinski definition) is 0. The monoisotopic (exact) mass is 525 g/mol. The van der Waals surface area contributed by atoms with Gasteiger partial charge in [0.2, 0.25) is 5.91 Å². The van der Waals surface area contributed by atoms with Crippen molar-refractivity contribution in [1.29, 1.82) is 0 Å². The highest BCUT2D eigenvalue weighted by molar-refractivity contribution is 9.11. The van der Waals surface area contributed by atoms with Crippen LogP contribution in [0.2, 0.25) is 0 Å². The Hall–Kier alpha value is -1.42. The van der Waals surface area contributed by atoms with Crippen LogP contribution in [0, 0.1) is 12.8 Å². The van der Waals surface area contributed by atoms with Crippen LogP contribution in [0.1, 0.15) is 25.3 Å². The van der Waals surface area contributed by atoms with E-state index >= 15 is 0 Å². The van der Waals surface area contributed by atoms with Gasteiger partial charge in [-0.05, 0) is 66.9 Å². The number of thiophene rings is 1. The number of anilines is 1. The quantitative estimate of drug-likeness (QED) is 0.606. The first-order chi connectivity index (χ1) is 14.8. The maximum absolute atomic E-state index is 13.2. The van der Waals surface area contributed by atoms with Gasteiger partial charge in [-0.3, -0.25) is 4.79 Å². The normalized spacial score (nSPS) is 21.5. The van der Waals surface area contributed by atoms with Crippen molar-refractivity contribution >= 4 is 48.9 Å². The molecular weight excluding hydrogens is 498 g/mol. The van der Waals surface area contributed by atoms with E-state index in [1.165, 1.54) is 26.9 Å². The molecule has 2 fully saturated rings. The molecule has 1 aromatic carbocycles. The Balaban J connectivity index is 1.33. The van der Waals surface area contributed by atoms with Crippen molar-refractivity contribution in [2.45, 2.75) is 36.9 Å². The van der Waals surface area contributed by atoms with Crippen LogP contribution in [0.15, 0.2) is 44.4 Å². The van der Waals surface area contributed by atoms with E-state index in [1.807, 2.05) is 4.90 Å². The molecule has 1 unspecified atom stereocenters. The maximum Gasteiger partial charge on any atom is 0.252 e. The molecule has 2 aliphatic heterocycles. The molecule has 0 radical (unpaired) electrons. The first-order valence-electron chi connectivity index (χ1n) is 10.6. The molecule has 0 bridgehead atoms. The van der Waals surface area contributed by atoms with Gasteiger partial charge in [0.1, 0.15) is 4.21 Å². The Morgan fingerprint density at radius 3 is 2.29 bits per heavy atom. The number of piperazine rings is 1. The number of rotatable bonds is 4. The third kappa shape index (κ3) is 4.84. The number of carbonyl (C=O) groups is 1. The summed E-state index contributed by atoms with van der Waals surface area (Å²) in [5.74, 6) is 0.0750. The number of aryl methyl sites for hydroxylation is 1. The number of hydrogen-bond acceptors (Lipinski definition) is 5. The third-order valence-electron chi connectivity index (χ3n) is 6.25. The minimum atomic E-state index is -3.47. The summed E-state index contributed by atoms with van der Waals surface area (Å²) in [5, 5.41) is 0. The van der Waals surface area contributed by atoms with Gasteiger partial charge < -0.3 is 9.80 Å². The fourth-order valence-electron chi connectivity index (χ4n) is 4.44. The van der Waals surface area contributed by atoms with E-state index in [0.29, 0.717) is 43.2 Å². The van der Waals surface area contributed by atoms with Crippen molar-refractivity contribution in [3.05, 3.63) is 45.7 Å².